The first-order valence-corrected chi connectivity index (χ1v) is 5.47. The zero-order chi connectivity index (χ0) is 13.5. The summed E-state index contributed by atoms with van der Waals surface area (Å²) in [4.78, 5) is 11.2. The van der Waals surface area contributed by atoms with Crippen molar-refractivity contribution >= 4 is 5.97 Å². The first-order chi connectivity index (χ1) is 8.54. The molecule has 0 spiro atoms. The normalized spacial score (nSPS) is 10.4. The number of hydrogen-bond donors (Lipinski definition) is 0. The Morgan fingerprint density at radius 2 is 1.78 bits per heavy atom. The molecule has 1 aromatic rings. The van der Waals surface area contributed by atoms with Gasteiger partial charge in [0.05, 0.1) is 13.0 Å². The second kappa shape index (κ2) is 7.00. The fourth-order valence-electron chi connectivity index (χ4n) is 1.19. The van der Waals surface area contributed by atoms with Crippen LogP contribution >= 0.6 is 0 Å². The highest BCUT2D eigenvalue weighted by Gasteiger charge is 2.16. The van der Waals surface area contributed by atoms with Crippen molar-refractivity contribution in [1.82, 2.24) is 0 Å². The molecule has 0 amide bonds. The largest absolute Gasteiger partial charge is 0.420 e. The number of esters is 1. The Morgan fingerprint density at radius 1 is 1.17 bits per heavy atom. The number of halogens is 3. The predicted octanol–water partition coefficient (Wildman–Crippen LogP) is 2.83. The molecule has 0 atom stereocenters. The second-order valence-corrected chi connectivity index (χ2v) is 3.54. The number of benzene rings is 1. The van der Waals surface area contributed by atoms with E-state index in [2.05, 4.69) is 4.74 Å². The number of ether oxygens (including phenoxy) is 2. The summed E-state index contributed by atoms with van der Waals surface area (Å²) in [6, 6.07) is 0.887. The lowest BCUT2D eigenvalue weighted by Gasteiger charge is -2.07. The fraction of sp³-hybridized carbons (Fsp3) is 0.417. The van der Waals surface area contributed by atoms with E-state index in [1.54, 1.807) is 0 Å². The number of carbonyl (C=O) groups excluding carboxylic acids is 1. The highest BCUT2D eigenvalue weighted by atomic mass is 19.1. The molecule has 0 aliphatic rings. The first-order valence-electron chi connectivity index (χ1n) is 5.47. The maximum Gasteiger partial charge on any atom is 0.313 e. The average Bonchev–Trinajstić information content (AvgIpc) is 2.29. The molecule has 0 aliphatic carbocycles. The van der Waals surface area contributed by atoms with Crippen molar-refractivity contribution in [2.75, 3.05) is 13.2 Å². The second-order valence-electron chi connectivity index (χ2n) is 3.54. The third-order valence-corrected chi connectivity index (χ3v) is 1.98. The minimum Gasteiger partial charge on any atom is -0.420 e. The molecule has 0 aliphatic heterocycles. The van der Waals surface area contributed by atoms with Crippen LogP contribution in [-0.4, -0.2) is 19.2 Å². The topological polar surface area (TPSA) is 35.5 Å². The van der Waals surface area contributed by atoms with E-state index in [9.17, 15) is 18.0 Å². The monoisotopic (exact) mass is 262 g/mol. The van der Waals surface area contributed by atoms with E-state index < -0.39 is 29.2 Å². The minimum absolute atomic E-state index is 0.108. The molecule has 0 fully saturated rings. The predicted molar refractivity (Wildman–Crippen MR) is 57.7 cm³/mol. The Morgan fingerprint density at radius 3 is 2.33 bits per heavy atom. The summed E-state index contributed by atoms with van der Waals surface area (Å²) >= 11 is 0. The van der Waals surface area contributed by atoms with Crippen LogP contribution in [0, 0.1) is 17.5 Å². The Balaban J connectivity index is 2.54. The number of hydrogen-bond acceptors (Lipinski definition) is 3. The summed E-state index contributed by atoms with van der Waals surface area (Å²) in [6.07, 6.45) is 0.673. The molecule has 6 heteroatoms. The van der Waals surface area contributed by atoms with Crippen molar-refractivity contribution in [2.24, 2.45) is 0 Å². The summed E-state index contributed by atoms with van der Waals surface area (Å²) in [5.41, 5.74) is 0. The zero-order valence-electron chi connectivity index (χ0n) is 9.84. The number of carbonyl (C=O) groups is 1. The molecule has 0 bridgehead atoms. The molecule has 0 N–H and O–H groups in total. The van der Waals surface area contributed by atoms with E-state index in [0.29, 0.717) is 18.7 Å². The quantitative estimate of drug-likeness (QED) is 0.449. The van der Waals surface area contributed by atoms with Crippen LogP contribution in [0.4, 0.5) is 13.2 Å². The van der Waals surface area contributed by atoms with Crippen molar-refractivity contribution in [3.05, 3.63) is 29.6 Å². The molecular formula is C12H13F3O3. The molecular weight excluding hydrogens is 249 g/mol. The summed E-state index contributed by atoms with van der Waals surface area (Å²) in [7, 11) is 0. The van der Waals surface area contributed by atoms with Gasteiger partial charge in [-0.05, 0) is 6.42 Å². The lowest BCUT2D eigenvalue weighted by molar-refractivity contribution is -0.136. The van der Waals surface area contributed by atoms with Gasteiger partial charge in [0.2, 0.25) is 5.75 Å². The lowest BCUT2D eigenvalue weighted by Crippen LogP contribution is -2.13. The van der Waals surface area contributed by atoms with E-state index in [1.807, 2.05) is 6.92 Å². The van der Waals surface area contributed by atoms with Gasteiger partial charge in [0.15, 0.2) is 11.6 Å². The van der Waals surface area contributed by atoms with Crippen molar-refractivity contribution in [3.63, 3.8) is 0 Å². The molecule has 0 saturated heterocycles. The van der Waals surface area contributed by atoms with Crippen molar-refractivity contribution in [2.45, 2.75) is 19.8 Å². The lowest BCUT2D eigenvalue weighted by atomic mass is 10.3. The standard InChI is InChI=1S/C12H13F3O3/c1-2-4-17-5-3-11(16)18-12-9(14)6-8(13)7-10(12)15/h6-7H,2-5H2,1H3. The van der Waals surface area contributed by atoms with Gasteiger partial charge in [-0.1, -0.05) is 6.92 Å². The smallest absolute Gasteiger partial charge is 0.313 e. The van der Waals surface area contributed by atoms with Gasteiger partial charge in [0, 0.05) is 18.7 Å². The molecule has 0 saturated carbocycles. The van der Waals surface area contributed by atoms with Crippen LogP contribution in [0.25, 0.3) is 0 Å². The van der Waals surface area contributed by atoms with Gasteiger partial charge in [0.1, 0.15) is 5.82 Å². The van der Waals surface area contributed by atoms with E-state index in [1.165, 1.54) is 0 Å². The molecule has 18 heavy (non-hydrogen) atoms. The molecule has 100 valence electrons. The van der Waals surface area contributed by atoms with Gasteiger partial charge in [0.25, 0.3) is 0 Å². The summed E-state index contributed by atoms with van der Waals surface area (Å²) in [5, 5.41) is 0. The minimum atomic E-state index is -1.25. The Bertz CT molecular complexity index is 398. The van der Waals surface area contributed by atoms with Gasteiger partial charge in [-0.15, -0.1) is 0 Å². The van der Waals surface area contributed by atoms with Gasteiger partial charge in [-0.3, -0.25) is 4.79 Å². The van der Waals surface area contributed by atoms with E-state index in [-0.39, 0.29) is 13.0 Å². The Kier molecular flexibility index (Phi) is 5.64. The van der Waals surface area contributed by atoms with Crippen molar-refractivity contribution < 1.29 is 27.4 Å². The molecule has 3 nitrogen and oxygen atoms in total. The maximum absolute atomic E-state index is 13.1. The van der Waals surface area contributed by atoms with E-state index in [0.717, 1.165) is 6.42 Å². The van der Waals surface area contributed by atoms with E-state index in [4.69, 9.17) is 4.74 Å². The van der Waals surface area contributed by atoms with Gasteiger partial charge >= 0.3 is 5.97 Å². The van der Waals surface area contributed by atoms with Crippen molar-refractivity contribution in [3.8, 4) is 5.75 Å². The molecule has 1 aromatic carbocycles. The van der Waals surface area contributed by atoms with Gasteiger partial charge in [-0.2, -0.15) is 0 Å². The van der Waals surface area contributed by atoms with Gasteiger partial charge in [-0.25, -0.2) is 13.2 Å². The first kappa shape index (κ1) is 14.5. The molecule has 0 unspecified atom stereocenters. The number of rotatable bonds is 6. The Hall–Kier alpha value is -1.56. The fourth-order valence-corrected chi connectivity index (χ4v) is 1.19. The highest BCUT2D eigenvalue weighted by molar-refractivity contribution is 5.72. The molecule has 0 aromatic heterocycles. The van der Waals surface area contributed by atoms with Crippen LogP contribution in [-0.2, 0) is 9.53 Å². The summed E-state index contributed by atoms with van der Waals surface area (Å²) in [5.74, 6) is -5.31. The summed E-state index contributed by atoms with van der Waals surface area (Å²) in [6.45, 7) is 2.51. The Labute approximate surface area is 103 Å². The van der Waals surface area contributed by atoms with Crippen LogP contribution in [0.2, 0.25) is 0 Å². The van der Waals surface area contributed by atoms with Crippen LogP contribution in [0.15, 0.2) is 12.1 Å². The van der Waals surface area contributed by atoms with Crippen LogP contribution < -0.4 is 4.74 Å². The summed E-state index contributed by atoms with van der Waals surface area (Å²) < 4.78 is 48.3. The molecule has 0 radical (unpaired) electrons. The van der Waals surface area contributed by atoms with Gasteiger partial charge < -0.3 is 9.47 Å². The van der Waals surface area contributed by atoms with Crippen molar-refractivity contribution in [1.29, 1.82) is 0 Å². The molecule has 0 heterocycles. The zero-order valence-corrected chi connectivity index (χ0v) is 9.84. The molecule has 1 rings (SSSR count). The van der Waals surface area contributed by atoms with Crippen LogP contribution in [0.3, 0.4) is 0 Å². The third kappa shape index (κ3) is 4.37. The van der Waals surface area contributed by atoms with Crippen LogP contribution in [0.1, 0.15) is 19.8 Å². The maximum atomic E-state index is 13.1. The third-order valence-electron chi connectivity index (χ3n) is 1.98. The van der Waals surface area contributed by atoms with Crippen LogP contribution in [0.5, 0.6) is 5.75 Å². The SMILES string of the molecule is CCCOCCC(=O)Oc1c(F)cc(F)cc1F. The highest BCUT2D eigenvalue weighted by Crippen LogP contribution is 2.23. The average molecular weight is 262 g/mol. The van der Waals surface area contributed by atoms with E-state index >= 15 is 0 Å².